The molecule has 4 nitrogen and oxygen atoms in total. The lowest BCUT2D eigenvalue weighted by molar-refractivity contribution is -0.116. The molecule has 1 aromatic carbocycles. The van der Waals surface area contributed by atoms with Gasteiger partial charge in [0.1, 0.15) is 5.82 Å². The number of aromatic nitrogens is 2. The molecule has 3 rings (SSSR count). The fraction of sp³-hybridized carbons (Fsp3) is 0.375. The highest BCUT2D eigenvalue weighted by molar-refractivity contribution is 7.98. The molecule has 21 heavy (non-hydrogen) atoms. The summed E-state index contributed by atoms with van der Waals surface area (Å²) in [7, 11) is 0. The minimum Gasteiger partial charge on any atom is -0.311 e. The van der Waals surface area contributed by atoms with E-state index < -0.39 is 0 Å². The molecule has 0 bridgehead atoms. The second kappa shape index (κ2) is 5.56. The summed E-state index contributed by atoms with van der Waals surface area (Å²) >= 11 is 1.72. The van der Waals surface area contributed by atoms with Gasteiger partial charge < -0.3 is 5.32 Å². The van der Waals surface area contributed by atoms with Crippen molar-refractivity contribution in [1.82, 2.24) is 9.78 Å². The van der Waals surface area contributed by atoms with Crippen molar-refractivity contribution in [3.05, 3.63) is 41.6 Å². The van der Waals surface area contributed by atoms with Crippen LogP contribution in [-0.4, -0.2) is 21.9 Å². The lowest BCUT2D eigenvalue weighted by Gasteiger charge is -2.24. The van der Waals surface area contributed by atoms with Gasteiger partial charge >= 0.3 is 0 Å². The van der Waals surface area contributed by atoms with Crippen LogP contribution in [-0.2, 0) is 4.79 Å². The van der Waals surface area contributed by atoms with Gasteiger partial charge in [0.2, 0.25) is 5.91 Å². The van der Waals surface area contributed by atoms with Crippen molar-refractivity contribution in [3.63, 3.8) is 0 Å². The molecule has 0 radical (unpaired) electrons. The lowest BCUT2D eigenvalue weighted by Crippen LogP contribution is -2.25. The van der Waals surface area contributed by atoms with Gasteiger partial charge in [0.15, 0.2) is 0 Å². The van der Waals surface area contributed by atoms with Crippen LogP contribution in [0.4, 0.5) is 5.82 Å². The smallest absolute Gasteiger partial charge is 0.226 e. The van der Waals surface area contributed by atoms with E-state index in [2.05, 4.69) is 54.8 Å². The summed E-state index contributed by atoms with van der Waals surface area (Å²) in [5, 5.41) is 7.41. The number of thioether (sulfide) groups is 1. The highest BCUT2D eigenvalue weighted by Crippen LogP contribution is 2.38. The molecule has 1 aromatic heterocycles. The first-order valence-electron chi connectivity index (χ1n) is 7.11. The van der Waals surface area contributed by atoms with Gasteiger partial charge in [-0.1, -0.05) is 12.1 Å². The van der Waals surface area contributed by atoms with E-state index in [4.69, 9.17) is 0 Å². The Hall–Kier alpha value is -1.75. The van der Waals surface area contributed by atoms with Crippen LogP contribution in [0.3, 0.4) is 0 Å². The highest BCUT2D eigenvalue weighted by atomic mass is 32.2. The van der Waals surface area contributed by atoms with Crippen LogP contribution in [0.5, 0.6) is 0 Å². The van der Waals surface area contributed by atoms with Gasteiger partial charge in [-0.25, -0.2) is 4.68 Å². The number of anilines is 1. The van der Waals surface area contributed by atoms with Gasteiger partial charge in [0.25, 0.3) is 0 Å². The molecule has 1 atom stereocenters. The summed E-state index contributed by atoms with van der Waals surface area (Å²) in [6, 6.07) is 8.68. The number of amides is 1. The average molecular weight is 301 g/mol. The van der Waals surface area contributed by atoms with Gasteiger partial charge in [-0.3, -0.25) is 4.79 Å². The quantitative estimate of drug-likeness (QED) is 0.880. The first-order valence-corrected chi connectivity index (χ1v) is 8.34. The molecular formula is C16H19N3OS. The van der Waals surface area contributed by atoms with Crippen molar-refractivity contribution in [3.8, 4) is 0 Å². The van der Waals surface area contributed by atoms with Crippen LogP contribution >= 0.6 is 11.8 Å². The fourth-order valence-corrected chi connectivity index (χ4v) is 3.17. The lowest BCUT2D eigenvalue weighted by atomic mass is 9.87. The largest absolute Gasteiger partial charge is 0.311 e. The zero-order valence-electron chi connectivity index (χ0n) is 12.5. The normalized spacial score (nSPS) is 17.7. The zero-order valence-corrected chi connectivity index (χ0v) is 13.3. The maximum Gasteiger partial charge on any atom is 0.226 e. The second-order valence-corrected chi connectivity index (χ2v) is 6.44. The van der Waals surface area contributed by atoms with E-state index in [-0.39, 0.29) is 17.9 Å². The molecule has 1 aliphatic heterocycles. The Balaban J connectivity index is 2.02. The Kier molecular flexibility index (Phi) is 3.76. The molecule has 0 aliphatic carbocycles. The Morgan fingerprint density at radius 1 is 1.33 bits per heavy atom. The molecule has 0 fully saturated rings. The van der Waals surface area contributed by atoms with Crippen LogP contribution in [0, 0.1) is 0 Å². The van der Waals surface area contributed by atoms with E-state index in [0.29, 0.717) is 6.42 Å². The predicted octanol–water partition coefficient (Wildman–Crippen LogP) is 3.66. The second-order valence-electron chi connectivity index (χ2n) is 5.56. The third-order valence-electron chi connectivity index (χ3n) is 3.85. The van der Waals surface area contributed by atoms with E-state index in [9.17, 15) is 4.79 Å². The number of nitrogens with one attached hydrogen (secondary N) is 1. The number of hydrogen-bond donors (Lipinski definition) is 1. The number of benzene rings is 1. The van der Waals surface area contributed by atoms with Gasteiger partial charge in [-0.15, -0.1) is 11.8 Å². The van der Waals surface area contributed by atoms with Crippen LogP contribution < -0.4 is 5.32 Å². The summed E-state index contributed by atoms with van der Waals surface area (Å²) in [5.74, 6) is 1.00. The first kappa shape index (κ1) is 14.2. The maximum atomic E-state index is 12.0. The van der Waals surface area contributed by atoms with Crippen LogP contribution in [0.15, 0.2) is 35.4 Å². The molecule has 2 aromatic rings. The molecule has 0 spiro atoms. The summed E-state index contributed by atoms with van der Waals surface area (Å²) in [4.78, 5) is 13.3. The number of fused-ring (bicyclic) bond motifs is 1. The van der Waals surface area contributed by atoms with E-state index in [1.54, 1.807) is 11.8 Å². The Bertz CT molecular complexity index is 661. The third kappa shape index (κ3) is 2.58. The molecule has 2 heterocycles. The van der Waals surface area contributed by atoms with E-state index in [0.717, 1.165) is 11.4 Å². The van der Waals surface area contributed by atoms with Crippen molar-refractivity contribution in [2.24, 2.45) is 0 Å². The summed E-state index contributed by atoms with van der Waals surface area (Å²) < 4.78 is 1.88. The molecule has 5 heteroatoms. The number of hydrogen-bond acceptors (Lipinski definition) is 3. The van der Waals surface area contributed by atoms with E-state index in [1.807, 2.05) is 10.9 Å². The monoisotopic (exact) mass is 301 g/mol. The molecule has 0 saturated heterocycles. The predicted molar refractivity (Wildman–Crippen MR) is 85.9 cm³/mol. The topological polar surface area (TPSA) is 46.9 Å². The van der Waals surface area contributed by atoms with Crippen molar-refractivity contribution < 1.29 is 4.79 Å². The van der Waals surface area contributed by atoms with Crippen LogP contribution in [0.25, 0.3) is 0 Å². The van der Waals surface area contributed by atoms with Crippen LogP contribution in [0.1, 0.15) is 43.4 Å². The molecule has 1 amide bonds. The summed E-state index contributed by atoms with van der Waals surface area (Å²) in [5.41, 5.74) is 2.28. The van der Waals surface area contributed by atoms with Gasteiger partial charge in [0.05, 0.1) is 6.20 Å². The molecular weight excluding hydrogens is 282 g/mol. The molecule has 0 saturated carbocycles. The average Bonchev–Trinajstić information content (AvgIpc) is 2.90. The van der Waals surface area contributed by atoms with Crippen LogP contribution in [0.2, 0.25) is 0 Å². The van der Waals surface area contributed by atoms with Gasteiger partial charge in [0, 0.05) is 28.8 Å². The molecule has 110 valence electrons. The Morgan fingerprint density at radius 3 is 2.67 bits per heavy atom. The van der Waals surface area contributed by atoms with Crippen molar-refractivity contribution in [1.29, 1.82) is 0 Å². The standard InChI is InChI=1S/C16H19N3OS/c1-10(2)19-16-14(9-17-19)13(8-15(20)18-16)11-4-6-12(21-3)7-5-11/h4-7,9-10,13H,8H2,1-3H3,(H,18,20)/t13-/m0/s1. The third-order valence-corrected chi connectivity index (χ3v) is 4.60. The summed E-state index contributed by atoms with van der Waals surface area (Å²) in [6.45, 7) is 4.13. The molecule has 1 aliphatic rings. The number of carbonyl (C=O) groups excluding carboxylic acids is 1. The highest BCUT2D eigenvalue weighted by Gasteiger charge is 2.30. The van der Waals surface area contributed by atoms with E-state index >= 15 is 0 Å². The number of rotatable bonds is 3. The zero-order chi connectivity index (χ0) is 15.0. The van der Waals surface area contributed by atoms with E-state index in [1.165, 1.54) is 10.5 Å². The minimum atomic E-state index is 0.0591. The number of carbonyl (C=O) groups is 1. The van der Waals surface area contributed by atoms with Gasteiger partial charge in [-0.05, 0) is 37.8 Å². The maximum absolute atomic E-state index is 12.0. The minimum absolute atomic E-state index is 0.0591. The molecule has 1 N–H and O–H groups in total. The SMILES string of the molecule is CSc1ccc([C@@H]2CC(=O)Nc3c2cnn3C(C)C)cc1. The summed E-state index contributed by atoms with van der Waals surface area (Å²) in [6.07, 6.45) is 4.44. The first-order chi connectivity index (χ1) is 10.1. The number of nitrogens with zero attached hydrogens (tertiary/aromatic N) is 2. The Labute approximate surface area is 128 Å². The Morgan fingerprint density at radius 2 is 2.05 bits per heavy atom. The molecule has 0 unspecified atom stereocenters. The van der Waals surface area contributed by atoms with Gasteiger partial charge in [-0.2, -0.15) is 5.10 Å². The van der Waals surface area contributed by atoms with Crippen molar-refractivity contribution in [2.75, 3.05) is 11.6 Å². The van der Waals surface area contributed by atoms with Crippen molar-refractivity contribution >= 4 is 23.5 Å². The van der Waals surface area contributed by atoms with Crippen molar-refractivity contribution in [2.45, 2.75) is 37.1 Å². The fourth-order valence-electron chi connectivity index (χ4n) is 2.76.